The summed E-state index contributed by atoms with van der Waals surface area (Å²) in [5, 5.41) is 3.67. The third kappa shape index (κ3) is 1.34. The van der Waals surface area contributed by atoms with Gasteiger partial charge in [-0.15, -0.1) is 0 Å². The van der Waals surface area contributed by atoms with Gasteiger partial charge < -0.3 is 5.32 Å². The van der Waals surface area contributed by atoms with E-state index < -0.39 is 0 Å². The van der Waals surface area contributed by atoms with Crippen molar-refractivity contribution < 1.29 is 0 Å². The topological polar surface area (TPSA) is 12.0 Å². The molecule has 1 spiro atoms. The Morgan fingerprint density at radius 2 is 2.06 bits per heavy atom. The quantitative estimate of drug-likeness (QED) is 0.814. The maximum Gasteiger partial charge on any atom is 0.0211 e. The van der Waals surface area contributed by atoms with Gasteiger partial charge in [0.2, 0.25) is 0 Å². The average Bonchev–Trinajstić information content (AvgIpc) is 3.18. The molecule has 1 aromatic carbocycles. The molecule has 16 heavy (non-hydrogen) atoms. The lowest BCUT2D eigenvalue weighted by Gasteiger charge is -2.15. The molecule has 0 heterocycles. The van der Waals surface area contributed by atoms with E-state index in [1.165, 1.54) is 38.5 Å². The van der Waals surface area contributed by atoms with Gasteiger partial charge in [-0.2, -0.15) is 0 Å². The molecule has 84 valence electrons. The summed E-state index contributed by atoms with van der Waals surface area (Å²) in [5.74, 6) is 0. The van der Waals surface area contributed by atoms with Gasteiger partial charge in [0, 0.05) is 12.6 Å². The van der Waals surface area contributed by atoms with Crippen LogP contribution in [0.15, 0.2) is 18.2 Å². The Kier molecular flexibility index (Phi) is 1.79. The monoisotopic (exact) mass is 213 g/mol. The molecule has 0 radical (unpaired) electrons. The van der Waals surface area contributed by atoms with Gasteiger partial charge in [-0.25, -0.2) is 0 Å². The van der Waals surface area contributed by atoms with Crippen LogP contribution in [0.3, 0.4) is 0 Å². The molecule has 1 heteroatoms. The van der Waals surface area contributed by atoms with Gasteiger partial charge in [0.25, 0.3) is 0 Å². The minimum atomic E-state index is 0.636. The first-order valence-corrected chi connectivity index (χ1v) is 6.72. The van der Waals surface area contributed by atoms with Crippen molar-refractivity contribution in [2.45, 2.75) is 56.5 Å². The SMILES string of the molecule is c1cc2c(c(CNC3CC3)c1)C1(CC2)CC1. The molecule has 0 saturated heterocycles. The lowest BCUT2D eigenvalue weighted by molar-refractivity contribution is 0.647. The molecule has 2 saturated carbocycles. The van der Waals surface area contributed by atoms with Crippen LogP contribution >= 0.6 is 0 Å². The largest absolute Gasteiger partial charge is 0.310 e. The number of nitrogens with one attached hydrogen (secondary N) is 1. The molecule has 0 aromatic heterocycles. The second-order valence-corrected chi connectivity index (χ2v) is 5.89. The molecule has 1 aromatic rings. The van der Waals surface area contributed by atoms with Gasteiger partial charge >= 0.3 is 0 Å². The Morgan fingerprint density at radius 1 is 1.19 bits per heavy atom. The van der Waals surface area contributed by atoms with Crippen molar-refractivity contribution in [3.8, 4) is 0 Å². The Labute approximate surface area is 97.2 Å². The van der Waals surface area contributed by atoms with Gasteiger partial charge in [-0.05, 0) is 60.6 Å². The molecule has 3 aliphatic rings. The zero-order valence-electron chi connectivity index (χ0n) is 9.76. The highest BCUT2D eigenvalue weighted by Gasteiger charge is 2.49. The van der Waals surface area contributed by atoms with Crippen molar-refractivity contribution in [2.24, 2.45) is 0 Å². The van der Waals surface area contributed by atoms with Gasteiger partial charge in [-0.3, -0.25) is 0 Å². The molecule has 1 nitrogen and oxygen atoms in total. The number of benzene rings is 1. The smallest absolute Gasteiger partial charge is 0.0211 e. The van der Waals surface area contributed by atoms with Gasteiger partial charge in [0.15, 0.2) is 0 Å². The second-order valence-electron chi connectivity index (χ2n) is 5.89. The van der Waals surface area contributed by atoms with E-state index in [0.29, 0.717) is 5.41 Å². The number of fused-ring (bicyclic) bond motifs is 2. The van der Waals surface area contributed by atoms with E-state index in [1.54, 1.807) is 16.7 Å². The molecule has 0 atom stereocenters. The molecule has 0 amide bonds. The highest BCUT2D eigenvalue weighted by atomic mass is 14.9. The standard InChI is InChI=1S/C15H19N/c1-2-11-6-7-15(8-9-15)14(11)12(3-1)10-16-13-4-5-13/h1-3,13,16H,4-10H2. The van der Waals surface area contributed by atoms with Crippen LogP contribution in [0.1, 0.15) is 48.8 Å². The van der Waals surface area contributed by atoms with Crippen LogP contribution < -0.4 is 5.32 Å². The van der Waals surface area contributed by atoms with Crippen LogP contribution in [0.25, 0.3) is 0 Å². The molecule has 3 aliphatic carbocycles. The maximum absolute atomic E-state index is 3.67. The van der Waals surface area contributed by atoms with E-state index in [2.05, 4.69) is 23.5 Å². The fourth-order valence-corrected chi connectivity index (χ4v) is 3.38. The fourth-order valence-electron chi connectivity index (χ4n) is 3.38. The molecule has 1 N–H and O–H groups in total. The summed E-state index contributed by atoms with van der Waals surface area (Å²) >= 11 is 0. The average molecular weight is 213 g/mol. The minimum Gasteiger partial charge on any atom is -0.310 e. The van der Waals surface area contributed by atoms with Crippen molar-refractivity contribution in [2.75, 3.05) is 0 Å². The zero-order chi connectivity index (χ0) is 10.6. The summed E-state index contributed by atoms with van der Waals surface area (Å²) in [6.07, 6.45) is 8.41. The van der Waals surface area contributed by atoms with E-state index in [0.717, 1.165) is 12.6 Å². The Morgan fingerprint density at radius 3 is 2.81 bits per heavy atom. The first-order chi connectivity index (χ1) is 7.87. The van der Waals surface area contributed by atoms with Crippen LogP contribution in [0.5, 0.6) is 0 Å². The summed E-state index contributed by atoms with van der Waals surface area (Å²) in [5.41, 5.74) is 5.62. The Hall–Kier alpha value is -0.820. The van der Waals surface area contributed by atoms with Crippen LogP contribution in [0.2, 0.25) is 0 Å². The predicted octanol–water partition coefficient (Wildman–Crippen LogP) is 2.92. The number of hydrogen-bond acceptors (Lipinski definition) is 1. The normalized spacial score (nSPS) is 24.8. The zero-order valence-corrected chi connectivity index (χ0v) is 9.76. The third-order valence-electron chi connectivity index (χ3n) is 4.65. The van der Waals surface area contributed by atoms with Crippen LogP contribution in [0, 0.1) is 0 Å². The molecular formula is C15H19N. The number of rotatable bonds is 3. The van der Waals surface area contributed by atoms with E-state index >= 15 is 0 Å². The summed E-state index contributed by atoms with van der Waals surface area (Å²) in [6.45, 7) is 1.11. The summed E-state index contributed by atoms with van der Waals surface area (Å²) in [4.78, 5) is 0. The summed E-state index contributed by atoms with van der Waals surface area (Å²) in [7, 11) is 0. The van der Waals surface area contributed by atoms with Gasteiger partial charge in [0.1, 0.15) is 0 Å². The predicted molar refractivity (Wildman–Crippen MR) is 65.5 cm³/mol. The van der Waals surface area contributed by atoms with Crippen molar-refractivity contribution in [1.29, 1.82) is 0 Å². The van der Waals surface area contributed by atoms with E-state index in [1.807, 2.05) is 0 Å². The van der Waals surface area contributed by atoms with Crippen molar-refractivity contribution in [1.82, 2.24) is 5.32 Å². The first-order valence-electron chi connectivity index (χ1n) is 6.72. The molecule has 0 aliphatic heterocycles. The lowest BCUT2D eigenvalue weighted by Crippen LogP contribution is -2.18. The van der Waals surface area contributed by atoms with E-state index in [-0.39, 0.29) is 0 Å². The van der Waals surface area contributed by atoms with Crippen LogP contribution in [0.4, 0.5) is 0 Å². The second kappa shape index (κ2) is 3.10. The maximum atomic E-state index is 3.67. The molecule has 0 unspecified atom stereocenters. The molecular weight excluding hydrogens is 194 g/mol. The van der Waals surface area contributed by atoms with Crippen molar-refractivity contribution in [3.05, 3.63) is 34.9 Å². The fraction of sp³-hybridized carbons (Fsp3) is 0.600. The molecule has 0 bridgehead atoms. The third-order valence-corrected chi connectivity index (χ3v) is 4.65. The minimum absolute atomic E-state index is 0.636. The summed E-state index contributed by atoms with van der Waals surface area (Å²) < 4.78 is 0. The van der Waals surface area contributed by atoms with Crippen molar-refractivity contribution >= 4 is 0 Å². The number of aryl methyl sites for hydroxylation is 1. The Bertz CT molecular complexity index is 427. The van der Waals surface area contributed by atoms with Crippen LogP contribution in [-0.2, 0) is 18.4 Å². The van der Waals surface area contributed by atoms with E-state index in [9.17, 15) is 0 Å². The van der Waals surface area contributed by atoms with Crippen molar-refractivity contribution in [3.63, 3.8) is 0 Å². The lowest BCUT2D eigenvalue weighted by atomic mass is 9.93. The summed E-state index contributed by atoms with van der Waals surface area (Å²) in [6, 6.07) is 7.78. The highest BCUT2D eigenvalue weighted by Crippen LogP contribution is 2.57. The van der Waals surface area contributed by atoms with Gasteiger partial charge in [-0.1, -0.05) is 18.2 Å². The molecule has 2 fully saturated rings. The van der Waals surface area contributed by atoms with Gasteiger partial charge in [0.05, 0.1) is 0 Å². The Balaban J connectivity index is 1.67. The number of hydrogen-bond donors (Lipinski definition) is 1. The first kappa shape index (κ1) is 9.23. The highest BCUT2D eigenvalue weighted by molar-refractivity contribution is 5.48. The van der Waals surface area contributed by atoms with Crippen LogP contribution in [-0.4, -0.2) is 6.04 Å². The van der Waals surface area contributed by atoms with E-state index in [4.69, 9.17) is 0 Å². The molecule has 4 rings (SSSR count).